The second-order valence-corrected chi connectivity index (χ2v) is 13.6. The summed E-state index contributed by atoms with van der Waals surface area (Å²) < 4.78 is 12.1. The van der Waals surface area contributed by atoms with E-state index in [1.807, 2.05) is 12.1 Å². The fourth-order valence-corrected chi connectivity index (χ4v) is 7.14. The van der Waals surface area contributed by atoms with Crippen LogP contribution in [0.15, 0.2) is 42.5 Å². The van der Waals surface area contributed by atoms with E-state index in [0.29, 0.717) is 34.7 Å². The third-order valence-electron chi connectivity index (χ3n) is 8.37. The van der Waals surface area contributed by atoms with Crippen molar-refractivity contribution in [3.63, 3.8) is 0 Å². The molecule has 0 unspecified atom stereocenters. The molecule has 0 bridgehead atoms. The summed E-state index contributed by atoms with van der Waals surface area (Å²) in [5, 5.41) is 0. The number of rotatable bonds is 7. The molecule has 0 saturated heterocycles. The van der Waals surface area contributed by atoms with E-state index in [1.54, 1.807) is 18.2 Å². The maximum atomic E-state index is 12.5. The van der Waals surface area contributed by atoms with E-state index in [1.165, 1.54) is 56.9 Å². The third-order valence-corrected chi connectivity index (χ3v) is 8.37. The number of hydrogen-bond acceptors (Lipinski definition) is 5. The van der Waals surface area contributed by atoms with Gasteiger partial charge in [-0.3, -0.25) is 0 Å². The van der Waals surface area contributed by atoms with Gasteiger partial charge in [0.15, 0.2) is 0 Å². The number of hydrogen-bond donors (Lipinski definition) is 2. The van der Waals surface area contributed by atoms with Gasteiger partial charge in [0.05, 0.1) is 17.3 Å². The Labute approximate surface area is 229 Å². The summed E-state index contributed by atoms with van der Waals surface area (Å²) in [6, 6.07) is 12.8. The van der Waals surface area contributed by atoms with Crippen LogP contribution in [0.2, 0.25) is 0 Å². The van der Waals surface area contributed by atoms with Crippen molar-refractivity contribution in [3.8, 4) is 5.75 Å². The van der Waals surface area contributed by atoms with Crippen LogP contribution in [-0.4, -0.2) is 17.7 Å². The predicted octanol–water partition coefficient (Wildman–Crippen LogP) is 8.13. The molecule has 38 heavy (non-hydrogen) atoms. The first-order valence-corrected chi connectivity index (χ1v) is 14.5. The minimum absolute atomic E-state index is 0.0504. The van der Waals surface area contributed by atoms with E-state index in [9.17, 15) is 4.79 Å². The molecule has 0 aromatic heterocycles. The van der Waals surface area contributed by atoms with Crippen LogP contribution in [0.1, 0.15) is 114 Å². The number of anilines is 2. The van der Waals surface area contributed by atoms with Gasteiger partial charge < -0.3 is 20.9 Å². The van der Waals surface area contributed by atoms with Crippen LogP contribution in [0.3, 0.4) is 0 Å². The molecule has 4 rings (SSSR count). The zero-order valence-corrected chi connectivity index (χ0v) is 24.1. The topological polar surface area (TPSA) is 87.6 Å². The summed E-state index contributed by atoms with van der Waals surface area (Å²) in [5.41, 5.74) is 14.4. The number of ether oxygens (including phenoxy) is 2. The fourth-order valence-electron chi connectivity index (χ4n) is 7.14. The second-order valence-electron chi connectivity index (χ2n) is 13.6. The minimum Gasteiger partial charge on any atom is -0.423 e. The second kappa shape index (κ2) is 11.7. The van der Waals surface area contributed by atoms with Crippen LogP contribution >= 0.6 is 0 Å². The highest BCUT2D eigenvalue weighted by molar-refractivity contribution is 5.93. The standard InChI is InChI=1S/C33H48N2O3/c1-32(2,3)21-33(4,5)38-30-16-12-25(13-17-30)23-8-6-22(7-9-23)24-10-14-29(15-11-24)37-31(36)26-18-27(34)20-28(35)19-26/h10-11,14-15,18-20,22-23,25,30H,6-9,12-13,16-17,21,34-35H2,1-5H3. The molecule has 5 nitrogen and oxygen atoms in total. The Balaban J connectivity index is 1.22. The number of benzene rings is 2. The molecule has 0 aliphatic heterocycles. The Morgan fingerprint density at radius 3 is 1.84 bits per heavy atom. The van der Waals surface area contributed by atoms with Crippen molar-refractivity contribution < 1.29 is 14.3 Å². The Bertz CT molecular complexity index is 1050. The van der Waals surface area contributed by atoms with E-state index >= 15 is 0 Å². The van der Waals surface area contributed by atoms with E-state index in [0.717, 1.165) is 18.3 Å². The van der Waals surface area contributed by atoms with E-state index in [2.05, 4.69) is 46.8 Å². The van der Waals surface area contributed by atoms with Crippen LogP contribution in [0.25, 0.3) is 0 Å². The van der Waals surface area contributed by atoms with Crippen LogP contribution in [-0.2, 0) is 4.74 Å². The van der Waals surface area contributed by atoms with Gasteiger partial charge in [-0.15, -0.1) is 0 Å². The first-order valence-electron chi connectivity index (χ1n) is 14.5. The highest BCUT2D eigenvalue weighted by Crippen LogP contribution is 2.44. The van der Waals surface area contributed by atoms with Crippen molar-refractivity contribution in [1.29, 1.82) is 0 Å². The summed E-state index contributed by atoms with van der Waals surface area (Å²) >= 11 is 0. The predicted molar refractivity (Wildman–Crippen MR) is 156 cm³/mol. The van der Waals surface area contributed by atoms with Gasteiger partial charge in [-0.2, -0.15) is 0 Å². The average molecular weight is 521 g/mol. The summed E-state index contributed by atoms with van der Waals surface area (Å²) in [6.45, 7) is 11.4. The summed E-state index contributed by atoms with van der Waals surface area (Å²) in [5.74, 6) is 2.38. The lowest BCUT2D eigenvalue weighted by atomic mass is 9.69. The van der Waals surface area contributed by atoms with Crippen molar-refractivity contribution in [2.45, 2.75) is 110 Å². The average Bonchev–Trinajstić information content (AvgIpc) is 2.83. The van der Waals surface area contributed by atoms with E-state index in [-0.39, 0.29) is 11.0 Å². The Morgan fingerprint density at radius 1 is 0.789 bits per heavy atom. The van der Waals surface area contributed by atoms with Gasteiger partial charge >= 0.3 is 5.97 Å². The number of carbonyl (C=O) groups excluding carboxylic acids is 1. The van der Waals surface area contributed by atoms with Gasteiger partial charge in [0.1, 0.15) is 5.75 Å². The van der Waals surface area contributed by atoms with Gasteiger partial charge in [0.2, 0.25) is 0 Å². The Kier molecular flexibility index (Phi) is 8.76. The van der Waals surface area contributed by atoms with Crippen LogP contribution in [0.5, 0.6) is 5.75 Å². The fraction of sp³-hybridized carbons (Fsp3) is 0.606. The number of esters is 1. The molecule has 2 aliphatic rings. The normalized spacial score (nSPS) is 24.7. The molecule has 2 aromatic carbocycles. The van der Waals surface area contributed by atoms with Crippen LogP contribution in [0.4, 0.5) is 11.4 Å². The maximum absolute atomic E-state index is 12.5. The molecule has 2 fully saturated rings. The van der Waals surface area contributed by atoms with Crippen molar-refractivity contribution in [2.24, 2.45) is 17.3 Å². The first-order chi connectivity index (χ1) is 17.9. The summed E-state index contributed by atoms with van der Waals surface area (Å²) in [7, 11) is 0. The molecular weight excluding hydrogens is 472 g/mol. The largest absolute Gasteiger partial charge is 0.423 e. The molecule has 0 amide bonds. The molecule has 5 heteroatoms. The Morgan fingerprint density at radius 2 is 1.32 bits per heavy atom. The van der Waals surface area contributed by atoms with Gasteiger partial charge in [-0.1, -0.05) is 32.9 Å². The number of nitrogens with two attached hydrogens (primary N) is 2. The zero-order valence-electron chi connectivity index (χ0n) is 24.1. The molecule has 2 aliphatic carbocycles. The highest BCUT2D eigenvalue weighted by atomic mass is 16.5. The summed E-state index contributed by atoms with van der Waals surface area (Å²) in [4.78, 5) is 12.5. The van der Waals surface area contributed by atoms with Crippen molar-refractivity contribution in [3.05, 3.63) is 53.6 Å². The SMILES string of the molecule is CC(C)(C)CC(C)(C)OC1CCC(C2CCC(c3ccc(OC(=O)c4cc(N)cc(N)c4)cc3)CC2)CC1. The van der Waals surface area contributed by atoms with Crippen LogP contribution < -0.4 is 16.2 Å². The molecule has 2 aromatic rings. The quantitative estimate of drug-likeness (QED) is 0.219. The van der Waals surface area contributed by atoms with Gasteiger partial charge in [-0.05, 0) is 131 Å². The van der Waals surface area contributed by atoms with Crippen LogP contribution in [0, 0.1) is 17.3 Å². The molecule has 0 radical (unpaired) electrons. The van der Waals surface area contributed by atoms with Gasteiger partial charge in [0.25, 0.3) is 0 Å². The minimum atomic E-state index is -0.449. The number of nitrogen functional groups attached to an aromatic ring is 2. The van der Waals surface area contributed by atoms with Gasteiger partial charge in [0, 0.05) is 11.4 Å². The molecule has 0 heterocycles. The Hall–Kier alpha value is -2.53. The first kappa shape index (κ1) is 28.5. The lowest BCUT2D eigenvalue weighted by molar-refractivity contribution is -0.108. The molecular formula is C33H48N2O3. The van der Waals surface area contributed by atoms with Crippen molar-refractivity contribution in [2.75, 3.05) is 11.5 Å². The molecule has 0 spiro atoms. The van der Waals surface area contributed by atoms with Crippen molar-refractivity contribution in [1.82, 2.24) is 0 Å². The van der Waals surface area contributed by atoms with E-state index in [4.69, 9.17) is 20.9 Å². The van der Waals surface area contributed by atoms with Crippen molar-refractivity contribution >= 4 is 17.3 Å². The lowest BCUT2D eigenvalue weighted by Crippen LogP contribution is -2.37. The lowest BCUT2D eigenvalue weighted by Gasteiger charge is -2.41. The maximum Gasteiger partial charge on any atom is 0.343 e. The molecule has 2 saturated carbocycles. The summed E-state index contributed by atoms with van der Waals surface area (Å²) in [6.07, 6.45) is 11.6. The molecule has 208 valence electrons. The number of carbonyl (C=O) groups is 1. The third kappa shape index (κ3) is 7.99. The smallest absolute Gasteiger partial charge is 0.343 e. The zero-order chi connectivity index (χ0) is 27.5. The highest BCUT2D eigenvalue weighted by Gasteiger charge is 2.34. The van der Waals surface area contributed by atoms with E-state index < -0.39 is 5.97 Å². The molecule has 0 atom stereocenters. The molecule has 4 N–H and O–H groups in total. The monoisotopic (exact) mass is 520 g/mol. The van der Waals surface area contributed by atoms with Gasteiger partial charge in [-0.25, -0.2) is 4.79 Å².